The highest BCUT2D eigenvalue weighted by atomic mass is 35.5. The molecule has 222 valence electrons. The number of aromatic hydroxyl groups is 1. The zero-order chi connectivity index (χ0) is 30.7. The van der Waals surface area contributed by atoms with E-state index in [0.29, 0.717) is 17.0 Å². The lowest BCUT2D eigenvalue weighted by atomic mass is 9.65. The van der Waals surface area contributed by atoms with Crippen LogP contribution in [0.1, 0.15) is 42.1 Å². The molecule has 3 aliphatic rings. The van der Waals surface area contributed by atoms with E-state index in [-0.39, 0.29) is 62.7 Å². The topological polar surface area (TPSA) is 139 Å². The summed E-state index contributed by atoms with van der Waals surface area (Å²) in [4.78, 5) is 42.3. The summed E-state index contributed by atoms with van der Waals surface area (Å²) in [6, 6.07) is 4.47. The smallest absolute Gasteiger partial charge is 0.336 e. The summed E-state index contributed by atoms with van der Waals surface area (Å²) in [5.74, 6) is -3.47. The van der Waals surface area contributed by atoms with E-state index < -0.39 is 35.0 Å². The number of hydrogen-bond donors (Lipinski definition) is 2. The number of methoxy groups -OCH3 is 5. The highest BCUT2D eigenvalue weighted by molar-refractivity contribution is 6.36. The van der Waals surface area contributed by atoms with Crippen LogP contribution in [-0.2, 0) is 14.3 Å². The van der Waals surface area contributed by atoms with E-state index in [1.54, 1.807) is 13.8 Å². The molecule has 2 heterocycles. The lowest BCUT2D eigenvalue weighted by molar-refractivity contribution is -0.136. The predicted molar refractivity (Wildman–Crippen MR) is 150 cm³/mol. The van der Waals surface area contributed by atoms with Gasteiger partial charge in [0.15, 0.2) is 17.2 Å². The van der Waals surface area contributed by atoms with Gasteiger partial charge in [-0.3, -0.25) is 9.59 Å². The Morgan fingerprint density at radius 1 is 0.976 bits per heavy atom. The van der Waals surface area contributed by atoms with Crippen molar-refractivity contribution in [3.05, 3.63) is 56.9 Å². The molecule has 2 aromatic carbocycles. The maximum absolute atomic E-state index is 14.8. The van der Waals surface area contributed by atoms with Gasteiger partial charge in [0.25, 0.3) is 0 Å². The van der Waals surface area contributed by atoms with Gasteiger partial charge < -0.3 is 38.8 Å². The first-order chi connectivity index (χ1) is 20.0. The Hall–Kier alpha value is -4.38. The molecule has 1 spiro atoms. The number of carbonyl (C=O) groups is 3. The number of Topliss-reactive ketones (excluding diaryl/α,β-unsaturated/α-hetero) is 2. The van der Waals surface area contributed by atoms with Crippen molar-refractivity contribution >= 4 is 29.1 Å². The largest absolute Gasteiger partial charge is 0.502 e. The first kappa shape index (κ1) is 29.1. The van der Waals surface area contributed by atoms with Crippen molar-refractivity contribution in [2.75, 3.05) is 35.5 Å². The Labute approximate surface area is 246 Å². The van der Waals surface area contributed by atoms with Crippen molar-refractivity contribution in [1.82, 2.24) is 5.32 Å². The second-order valence-corrected chi connectivity index (χ2v) is 10.5. The van der Waals surface area contributed by atoms with Gasteiger partial charge in [-0.1, -0.05) is 18.5 Å². The van der Waals surface area contributed by atoms with Crippen molar-refractivity contribution in [1.29, 1.82) is 0 Å². The third-order valence-electron chi connectivity index (χ3n) is 8.09. The number of ketones is 2. The van der Waals surface area contributed by atoms with Gasteiger partial charge in [-0.05, 0) is 31.0 Å². The third-order valence-corrected chi connectivity index (χ3v) is 8.45. The maximum Gasteiger partial charge on any atom is 0.336 e. The SMILES string of the molecule is COC(=O)C1=C(C)NC2=C(C(=O)[C@@]3(Oc4c(Cl)c(OC)cc(OC)c4C3=O)[C@H](C)C2)[C@H]1c1cc(OC)c(O)c(OC)c1. The van der Waals surface area contributed by atoms with E-state index >= 15 is 0 Å². The van der Waals surface area contributed by atoms with Gasteiger partial charge >= 0.3 is 5.97 Å². The Morgan fingerprint density at radius 2 is 1.57 bits per heavy atom. The molecule has 0 saturated carbocycles. The van der Waals surface area contributed by atoms with Crippen LogP contribution in [0.3, 0.4) is 0 Å². The highest BCUT2D eigenvalue weighted by Gasteiger charge is 2.63. The number of esters is 1. The average Bonchev–Trinajstić information content (AvgIpc) is 3.30. The number of phenols is 1. The van der Waals surface area contributed by atoms with E-state index in [1.165, 1.54) is 53.7 Å². The number of carbonyl (C=O) groups excluding carboxylic acids is 3. The molecule has 0 unspecified atom stereocenters. The number of nitrogens with one attached hydrogen (secondary N) is 1. The first-order valence-electron chi connectivity index (χ1n) is 13.0. The Morgan fingerprint density at radius 3 is 2.12 bits per heavy atom. The Bertz CT molecular complexity index is 1580. The molecule has 1 aliphatic carbocycles. The molecule has 2 aromatic rings. The predicted octanol–water partition coefficient (Wildman–Crippen LogP) is 4.09. The van der Waals surface area contributed by atoms with Gasteiger partial charge in [-0.15, -0.1) is 0 Å². The number of ether oxygens (including phenoxy) is 6. The molecular formula is C30H30ClNO10. The molecule has 5 rings (SSSR count). The summed E-state index contributed by atoms with van der Waals surface area (Å²) in [5.41, 5.74) is -0.371. The molecule has 2 aliphatic heterocycles. The van der Waals surface area contributed by atoms with Crippen LogP contribution in [0.15, 0.2) is 40.7 Å². The van der Waals surface area contributed by atoms with Gasteiger partial charge in [0.1, 0.15) is 22.1 Å². The fourth-order valence-corrected chi connectivity index (χ4v) is 6.33. The minimum absolute atomic E-state index is 0.0182. The van der Waals surface area contributed by atoms with Gasteiger partial charge in [0, 0.05) is 34.9 Å². The molecule has 0 bridgehead atoms. The number of hydrogen-bond acceptors (Lipinski definition) is 11. The normalized spacial score (nSPS) is 22.8. The van der Waals surface area contributed by atoms with Crippen LogP contribution >= 0.6 is 11.6 Å². The summed E-state index contributed by atoms with van der Waals surface area (Å²) in [7, 11) is 6.76. The van der Waals surface area contributed by atoms with E-state index in [9.17, 15) is 19.5 Å². The number of benzene rings is 2. The number of phenolic OH excluding ortho intramolecular Hbond substituents is 1. The molecule has 42 heavy (non-hydrogen) atoms. The second kappa shape index (κ2) is 10.5. The van der Waals surface area contributed by atoms with E-state index in [4.69, 9.17) is 40.0 Å². The summed E-state index contributed by atoms with van der Waals surface area (Å²) in [6.45, 7) is 3.43. The van der Waals surface area contributed by atoms with Crippen LogP contribution in [0, 0.1) is 5.92 Å². The minimum atomic E-state index is -2.01. The molecular weight excluding hydrogens is 570 g/mol. The van der Waals surface area contributed by atoms with Crippen molar-refractivity contribution in [2.24, 2.45) is 5.92 Å². The lowest BCUT2D eigenvalue weighted by Crippen LogP contribution is -2.58. The summed E-state index contributed by atoms with van der Waals surface area (Å²) >= 11 is 6.58. The van der Waals surface area contributed by atoms with Gasteiger partial charge in [0.05, 0.1) is 41.1 Å². The van der Waals surface area contributed by atoms with E-state index in [1.807, 2.05) is 0 Å². The zero-order valence-corrected chi connectivity index (χ0v) is 24.8. The molecule has 0 amide bonds. The van der Waals surface area contributed by atoms with E-state index in [0.717, 1.165) is 0 Å². The quantitative estimate of drug-likeness (QED) is 0.366. The molecule has 12 heteroatoms. The summed E-state index contributed by atoms with van der Waals surface area (Å²) in [5, 5.41) is 13.8. The van der Waals surface area contributed by atoms with Crippen LogP contribution in [0.25, 0.3) is 0 Å². The first-order valence-corrected chi connectivity index (χ1v) is 13.3. The third kappa shape index (κ3) is 3.90. The highest BCUT2D eigenvalue weighted by Crippen LogP contribution is 2.56. The fraction of sp³-hybridized carbons (Fsp3) is 0.367. The Kier molecular flexibility index (Phi) is 7.26. The second-order valence-electron chi connectivity index (χ2n) is 10.2. The van der Waals surface area contributed by atoms with Crippen molar-refractivity contribution in [3.63, 3.8) is 0 Å². The number of fused-ring (bicyclic) bond motifs is 1. The molecule has 11 nitrogen and oxygen atoms in total. The van der Waals surface area contributed by atoms with Crippen LogP contribution in [0.2, 0.25) is 5.02 Å². The number of halogens is 1. The number of rotatable bonds is 6. The van der Waals surface area contributed by atoms with Gasteiger partial charge in [-0.25, -0.2) is 4.79 Å². The monoisotopic (exact) mass is 599 g/mol. The summed E-state index contributed by atoms with van der Waals surface area (Å²) in [6.07, 6.45) is 0.215. The molecule has 3 atom stereocenters. The molecule has 0 radical (unpaired) electrons. The number of dihydropyridines is 1. The maximum atomic E-state index is 14.8. The van der Waals surface area contributed by atoms with Crippen molar-refractivity contribution < 1.29 is 47.9 Å². The average molecular weight is 600 g/mol. The summed E-state index contributed by atoms with van der Waals surface area (Å²) < 4.78 is 33.0. The molecule has 0 fully saturated rings. The Balaban J connectivity index is 1.75. The van der Waals surface area contributed by atoms with Crippen LogP contribution in [-0.4, -0.2) is 63.8 Å². The van der Waals surface area contributed by atoms with Gasteiger partial charge in [0.2, 0.25) is 22.9 Å². The van der Waals surface area contributed by atoms with Crippen LogP contribution in [0.5, 0.6) is 34.5 Å². The van der Waals surface area contributed by atoms with Crippen LogP contribution < -0.4 is 29.0 Å². The van der Waals surface area contributed by atoms with Crippen LogP contribution in [0.4, 0.5) is 0 Å². The van der Waals surface area contributed by atoms with Crippen molar-refractivity contribution in [2.45, 2.75) is 31.8 Å². The van der Waals surface area contributed by atoms with Gasteiger partial charge in [-0.2, -0.15) is 0 Å². The lowest BCUT2D eigenvalue weighted by Gasteiger charge is -2.42. The zero-order valence-electron chi connectivity index (χ0n) is 24.1. The fourth-order valence-electron chi connectivity index (χ4n) is 6.07. The molecule has 2 N–H and O–H groups in total. The molecule has 0 aromatic heterocycles. The minimum Gasteiger partial charge on any atom is -0.502 e. The van der Waals surface area contributed by atoms with E-state index in [2.05, 4.69) is 5.32 Å². The van der Waals surface area contributed by atoms with Crippen molar-refractivity contribution in [3.8, 4) is 34.5 Å². The molecule has 0 saturated heterocycles. The number of allylic oxidation sites excluding steroid dienone is 2. The standard InChI is InChI=1S/C30H30ClNO10/c1-12-8-15-22(27(34)30(12)28(35)23-16(37-3)11-17(38-4)24(31)26(23)42-30)21(20(13(2)32-15)29(36)41-7)14-9-18(39-5)25(33)19(10-14)40-6/h9-12,21,32-33H,8H2,1-7H3/t12-,21+,30+/m1/s1.